The molecule has 0 atom stereocenters. The third kappa shape index (κ3) is 3.45. The molecule has 0 radical (unpaired) electrons. The van der Waals surface area contributed by atoms with Crippen LogP contribution in [0.2, 0.25) is 0 Å². The summed E-state index contributed by atoms with van der Waals surface area (Å²) in [4.78, 5) is 17.4. The Morgan fingerprint density at radius 1 is 0.900 bits per heavy atom. The Morgan fingerprint density at radius 2 is 1.67 bits per heavy atom. The highest BCUT2D eigenvalue weighted by molar-refractivity contribution is 5.97. The normalized spacial score (nSPS) is 16.6. The lowest BCUT2D eigenvalue weighted by Crippen LogP contribution is -2.42. The molecule has 5 rings (SSSR count). The Balaban J connectivity index is 1.23. The van der Waals surface area contributed by atoms with Crippen molar-refractivity contribution in [2.24, 2.45) is 5.92 Å². The third-order valence-corrected chi connectivity index (χ3v) is 6.39. The predicted molar refractivity (Wildman–Crippen MR) is 120 cm³/mol. The van der Waals surface area contributed by atoms with Gasteiger partial charge in [0.25, 0.3) is 0 Å². The molecule has 152 valence electrons. The zero-order valence-corrected chi connectivity index (χ0v) is 17.3. The Morgan fingerprint density at radius 3 is 2.43 bits per heavy atom. The fraction of sp³-hybridized carbons (Fsp3) is 0.320. The van der Waals surface area contributed by atoms with E-state index in [9.17, 15) is 4.79 Å². The van der Waals surface area contributed by atoms with Gasteiger partial charge in [-0.05, 0) is 55.5 Å². The third-order valence-electron chi connectivity index (χ3n) is 6.39. The van der Waals surface area contributed by atoms with Crippen LogP contribution in [0.3, 0.4) is 0 Å². The summed E-state index contributed by atoms with van der Waals surface area (Å²) in [5.41, 5.74) is 5.60. The van der Waals surface area contributed by atoms with Crippen LogP contribution in [0.4, 0.5) is 11.5 Å². The van der Waals surface area contributed by atoms with E-state index in [4.69, 9.17) is 0 Å². The number of benzene rings is 2. The summed E-state index contributed by atoms with van der Waals surface area (Å²) in [6.07, 6.45) is 2.68. The molecule has 0 bridgehead atoms. The predicted octanol–water partition coefficient (Wildman–Crippen LogP) is 4.26. The van der Waals surface area contributed by atoms with Crippen molar-refractivity contribution in [1.82, 2.24) is 10.2 Å². The van der Waals surface area contributed by atoms with Gasteiger partial charge >= 0.3 is 0 Å². The smallest absolute Gasteiger partial charge is 0.230 e. The van der Waals surface area contributed by atoms with Crippen LogP contribution in [-0.2, 0) is 11.2 Å². The van der Waals surface area contributed by atoms with Gasteiger partial charge in [-0.15, -0.1) is 10.2 Å². The van der Waals surface area contributed by atoms with Crippen molar-refractivity contribution in [3.8, 4) is 11.3 Å². The van der Waals surface area contributed by atoms with E-state index in [1.165, 1.54) is 11.1 Å². The van der Waals surface area contributed by atoms with E-state index in [0.717, 1.165) is 61.7 Å². The van der Waals surface area contributed by atoms with E-state index in [2.05, 4.69) is 52.4 Å². The van der Waals surface area contributed by atoms with Crippen LogP contribution in [0.25, 0.3) is 11.3 Å². The molecule has 2 aliphatic rings. The maximum absolute atomic E-state index is 13.1. The summed E-state index contributed by atoms with van der Waals surface area (Å²) >= 11 is 0. The average molecular weight is 399 g/mol. The molecular weight excluding hydrogens is 372 g/mol. The number of aromatic nitrogens is 2. The molecule has 0 aliphatic carbocycles. The topological polar surface area (TPSA) is 49.3 Å². The molecule has 1 fully saturated rings. The minimum Gasteiger partial charge on any atom is -0.355 e. The molecule has 30 heavy (non-hydrogen) atoms. The number of fused-ring (bicyclic) bond motifs is 1. The Hall–Kier alpha value is -3.21. The molecule has 3 heterocycles. The molecule has 0 spiro atoms. The molecule has 0 saturated carbocycles. The van der Waals surface area contributed by atoms with Crippen molar-refractivity contribution in [2.45, 2.75) is 26.2 Å². The second kappa shape index (κ2) is 7.90. The van der Waals surface area contributed by atoms with E-state index in [1.54, 1.807) is 0 Å². The van der Waals surface area contributed by atoms with Gasteiger partial charge in [-0.3, -0.25) is 4.79 Å². The number of rotatable bonds is 3. The Bertz CT molecular complexity index is 1050. The van der Waals surface area contributed by atoms with Gasteiger partial charge in [0.05, 0.1) is 5.69 Å². The van der Waals surface area contributed by atoms with Crippen molar-refractivity contribution in [2.75, 3.05) is 29.4 Å². The van der Waals surface area contributed by atoms with E-state index in [0.29, 0.717) is 0 Å². The number of hydrogen-bond acceptors (Lipinski definition) is 4. The van der Waals surface area contributed by atoms with E-state index >= 15 is 0 Å². The lowest BCUT2D eigenvalue weighted by atomic mass is 9.95. The molecule has 0 N–H and O–H groups in total. The minimum absolute atomic E-state index is 0.0895. The second-order valence-electron chi connectivity index (χ2n) is 8.22. The first-order chi connectivity index (χ1) is 14.7. The van der Waals surface area contributed by atoms with Gasteiger partial charge in [0.2, 0.25) is 5.91 Å². The first-order valence-corrected chi connectivity index (χ1v) is 10.7. The number of piperidine rings is 1. The number of hydrogen-bond donors (Lipinski definition) is 0. The first kappa shape index (κ1) is 18.8. The molecule has 1 saturated heterocycles. The Labute approximate surface area is 177 Å². The van der Waals surface area contributed by atoms with Gasteiger partial charge in [0.1, 0.15) is 0 Å². The van der Waals surface area contributed by atoms with E-state index in [1.807, 2.05) is 35.2 Å². The van der Waals surface area contributed by atoms with Crippen molar-refractivity contribution in [3.63, 3.8) is 0 Å². The molecule has 3 aromatic rings. The van der Waals surface area contributed by atoms with Crippen molar-refractivity contribution >= 4 is 17.4 Å². The van der Waals surface area contributed by atoms with Gasteiger partial charge in [0, 0.05) is 36.8 Å². The molecular formula is C25H26N4O. The van der Waals surface area contributed by atoms with Crippen molar-refractivity contribution in [3.05, 3.63) is 71.8 Å². The minimum atomic E-state index is 0.0895. The number of aryl methyl sites for hydroxylation is 1. The fourth-order valence-electron chi connectivity index (χ4n) is 4.64. The number of anilines is 2. The van der Waals surface area contributed by atoms with Gasteiger partial charge in [-0.25, -0.2) is 0 Å². The fourth-order valence-corrected chi connectivity index (χ4v) is 4.64. The molecule has 1 aromatic heterocycles. The summed E-state index contributed by atoms with van der Waals surface area (Å²) in [7, 11) is 0. The molecule has 2 aromatic carbocycles. The van der Waals surface area contributed by atoms with Crippen LogP contribution in [0.15, 0.2) is 60.7 Å². The zero-order valence-electron chi connectivity index (χ0n) is 17.3. The van der Waals surface area contributed by atoms with E-state index in [-0.39, 0.29) is 11.8 Å². The van der Waals surface area contributed by atoms with Gasteiger partial charge in [0.15, 0.2) is 5.82 Å². The lowest BCUT2D eigenvalue weighted by molar-refractivity contribution is -0.122. The molecule has 0 unspecified atom stereocenters. The number of carbonyl (C=O) groups is 1. The van der Waals surface area contributed by atoms with Crippen LogP contribution >= 0.6 is 0 Å². The van der Waals surface area contributed by atoms with Gasteiger partial charge in [-0.2, -0.15) is 0 Å². The van der Waals surface area contributed by atoms with Crippen LogP contribution in [0.1, 0.15) is 24.0 Å². The van der Waals surface area contributed by atoms with Crippen LogP contribution in [0, 0.1) is 12.8 Å². The van der Waals surface area contributed by atoms with Gasteiger partial charge < -0.3 is 9.80 Å². The summed E-state index contributed by atoms with van der Waals surface area (Å²) < 4.78 is 0. The number of carbonyl (C=O) groups excluding carboxylic acids is 1. The number of para-hydroxylation sites is 1. The van der Waals surface area contributed by atoms with Gasteiger partial charge in [-0.1, -0.05) is 42.5 Å². The average Bonchev–Trinajstić information content (AvgIpc) is 3.23. The monoisotopic (exact) mass is 398 g/mol. The summed E-state index contributed by atoms with van der Waals surface area (Å²) in [5.74, 6) is 1.26. The van der Waals surface area contributed by atoms with Crippen LogP contribution < -0.4 is 9.80 Å². The molecule has 1 amide bonds. The summed E-state index contributed by atoms with van der Waals surface area (Å²) in [6, 6.07) is 20.6. The Kier molecular flexibility index (Phi) is 4.95. The van der Waals surface area contributed by atoms with Crippen LogP contribution in [0.5, 0.6) is 0 Å². The second-order valence-corrected chi connectivity index (χ2v) is 8.22. The largest absolute Gasteiger partial charge is 0.355 e. The highest BCUT2D eigenvalue weighted by atomic mass is 16.2. The lowest BCUT2D eigenvalue weighted by Gasteiger charge is -2.33. The molecule has 2 aliphatic heterocycles. The standard InChI is InChI=1S/C25H26N4O/c1-18-6-2-4-8-21(18)22-10-11-24(27-26-22)28-15-12-20(13-16-28)25(30)29-17-14-19-7-3-5-9-23(19)29/h2-11,20H,12-17H2,1H3. The highest BCUT2D eigenvalue weighted by Crippen LogP contribution is 2.31. The maximum atomic E-state index is 13.1. The number of nitrogens with zero attached hydrogens (tertiary/aromatic N) is 4. The van der Waals surface area contributed by atoms with Crippen molar-refractivity contribution in [1.29, 1.82) is 0 Å². The zero-order chi connectivity index (χ0) is 20.5. The quantitative estimate of drug-likeness (QED) is 0.662. The molecule has 5 heteroatoms. The van der Waals surface area contributed by atoms with E-state index < -0.39 is 0 Å². The number of amides is 1. The van der Waals surface area contributed by atoms with Crippen LogP contribution in [-0.4, -0.2) is 35.7 Å². The molecule has 5 nitrogen and oxygen atoms in total. The maximum Gasteiger partial charge on any atom is 0.230 e. The highest BCUT2D eigenvalue weighted by Gasteiger charge is 2.32. The van der Waals surface area contributed by atoms with Crippen molar-refractivity contribution < 1.29 is 4.79 Å². The SMILES string of the molecule is Cc1ccccc1-c1ccc(N2CCC(C(=O)N3CCc4ccccc43)CC2)nn1. The first-order valence-electron chi connectivity index (χ1n) is 10.7. The summed E-state index contributed by atoms with van der Waals surface area (Å²) in [5, 5.41) is 8.94. The summed E-state index contributed by atoms with van der Waals surface area (Å²) in [6.45, 7) is 4.57.